The zero-order valence-corrected chi connectivity index (χ0v) is 24.8. The third kappa shape index (κ3) is 6.74. The van der Waals surface area contributed by atoms with Gasteiger partial charge in [0.1, 0.15) is 6.04 Å². The van der Waals surface area contributed by atoms with Crippen LogP contribution in [0.15, 0.2) is 48.5 Å². The summed E-state index contributed by atoms with van der Waals surface area (Å²) in [6.07, 6.45) is 12.9. The Hall–Kier alpha value is -2.37. The summed E-state index contributed by atoms with van der Waals surface area (Å²) in [5, 5.41) is 3.86. The highest BCUT2D eigenvalue weighted by atomic mass is 35.5. The van der Waals surface area contributed by atoms with E-state index in [1.807, 2.05) is 41.3 Å². The molecule has 1 saturated heterocycles. The Morgan fingerprint density at radius 1 is 0.975 bits per heavy atom. The summed E-state index contributed by atoms with van der Waals surface area (Å²) < 4.78 is 0. The third-order valence-electron chi connectivity index (χ3n) is 10.2. The van der Waals surface area contributed by atoms with Crippen LogP contribution in [0.25, 0.3) is 0 Å². The van der Waals surface area contributed by atoms with E-state index in [2.05, 4.69) is 24.4 Å². The summed E-state index contributed by atoms with van der Waals surface area (Å²) in [5.41, 5.74) is 10.3. The fraction of sp³-hybridized carbons (Fsp3) is 0.588. The number of aryl methyl sites for hydroxylation is 1. The van der Waals surface area contributed by atoms with E-state index < -0.39 is 6.04 Å². The number of rotatable bonds is 6. The second kappa shape index (κ2) is 13.1. The number of benzene rings is 2. The molecule has 216 valence electrons. The van der Waals surface area contributed by atoms with Crippen molar-refractivity contribution in [2.75, 3.05) is 13.1 Å². The molecule has 2 aliphatic carbocycles. The van der Waals surface area contributed by atoms with Gasteiger partial charge in [0.15, 0.2) is 0 Å². The number of nitrogens with one attached hydrogen (secondary N) is 1. The molecule has 2 amide bonds. The van der Waals surface area contributed by atoms with Gasteiger partial charge >= 0.3 is 0 Å². The molecule has 0 bridgehead atoms. The van der Waals surface area contributed by atoms with E-state index in [0.717, 1.165) is 68.7 Å². The van der Waals surface area contributed by atoms with Crippen LogP contribution in [0, 0.1) is 17.3 Å². The number of fused-ring (bicyclic) bond motifs is 1. The minimum absolute atomic E-state index is 0.0220. The van der Waals surface area contributed by atoms with E-state index in [0.29, 0.717) is 16.9 Å². The van der Waals surface area contributed by atoms with Crippen LogP contribution in [-0.2, 0) is 22.4 Å². The first kappa shape index (κ1) is 29.1. The highest BCUT2D eigenvalue weighted by molar-refractivity contribution is 6.30. The van der Waals surface area contributed by atoms with Gasteiger partial charge in [-0.3, -0.25) is 9.59 Å². The van der Waals surface area contributed by atoms with Crippen LogP contribution in [0.3, 0.4) is 0 Å². The number of halogens is 1. The molecule has 2 unspecified atom stereocenters. The number of nitrogens with zero attached hydrogens (tertiary/aromatic N) is 1. The van der Waals surface area contributed by atoms with Gasteiger partial charge in [-0.25, -0.2) is 0 Å². The fourth-order valence-electron chi connectivity index (χ4n) is 7.46. The first-order chi connectivity index (χ1) is 19.3. The topological polar surface area (TPSA) is 75.4 Å². The minimum Gasteiger partial charge on any atom is -0.344 e. The number of amides is 2. The molecular weight excluding hydrogens is 518 g/mol. The van der Waals surface area contributed by atoms with Gasteiger partial charge in [-0.15, -0.1) is 0 Å². The van der Waals surface area contributed by atoms with Crippen LogP contribution in [0.1, 0.15) is 93.9 Å². The minimum atomic E-state index is -0.624. The molecule has 1 aliphatic heterocycles. The molecule has 3 atom stereocenters. The lowest BCUT2D eigenvalue weighted by Gasteiger charge is -2.46. The Morgan fingerprint density at radius 2 is 1.65 bits per heavy atom. The molecule has 40 heavy (non-hydrogen) atoms. The summed E-state index contributed by atoms with van der Waals surface area (Å²) in [6.45, 7) is 3.95. The number of carbonyl (C=O) groups excluding carboxylic acids is 2. The van der Waals surface area contributed by atoms with Crippen LogP contribution < -0.4 is 11.1 Å². The Labute approximate surface area is 245 Å². The van der Waals surface area contributed by atoms with Crippen LogP contribution in [0.2, 0.25) is 5.02 Å². The van der Waals surface area contributed by atoms with Gasteiger partial charge in [0.2, 0.25) is 11.8 Å². The zero-order valence-electron chi connectivity index (χ0n) is 24.0. The van der Waals surface area contributed by atoms with E-state index in [-0.39, 0.29) is 23.8 Å². The van der Waals surface area contributed by atoms with Crippen molar-refractivity contribution in [2.45, 2.75) is 96.1 Å². The molecule has 0 aromatic heterocycles. The molecule has 2 aromatic rings. The van der Waals surface area contributed by atoms with Crippen molar-refractivity contribution in [1.82, 2.24) is 10.2 Å². The van der Waals surface area contributed by atoms with E-state index in [4.69, 9.17) is 17.3 Å². The number of piperidine rings is 1. The van der Waals surface area contributed by atoms with Gasteiger partial charge in [0, 0.05) is 30.6 Å². The second-order valence-corrected chi connectivity index (χ2v) is 13.2. The van der Waals surface area contributed by atoms with Crippen LogP contribution in [0.4, 0.5) is 0 Å². The average molecular weight is 564 g/mol. The van der Waals surface area contributed by atoms with Gasteiger partial charge in [-0.05, 0) is 85.1 Å². The van der Waals surface area contributed by atoms with Crippen molar-refractivity contribution in [1.29, 1.82) is 0 Å². The van der Waals surface area contributed by atoms with E-state index in [1.54, 1.807) is 0 Å². The predicted octanol–water partition coefficient (Wildman–Crippen LogP) is 6.62. The molecule has 1 heterocycles. The van der Waals surface area contributed by atoms with Gasteiger partial charge < -0.3 is 16.0 Å². The number of hydrogen-bond donors (Lipinski definition) is 2. The number of nitrogens with two attached hydrogens (primary N) is 1. The lowest BCUT2D eigenvalue weighted by molar-refractivity contribution is -0.140. The number of carbonyl (C=O) groups is 2. The lowest BCUT2D eigenvalue weighted by Crippen LogP contribution is -2.55. The second-order valence-electron chi connectivity index (χ2n) is 12.8. The molecule has 2 aromatic carbocycles. The molecular formula is C34H46ClN3O2. The smallest absolute Gasteiger partial charge is 0.245 e. The largest absolute Gasteiger partial charge is 0.344 e. The number of hydrogen-bond acceptors (Lipinski definition) is 3. The predicted molar refractivity (Wildman–Crippen MR) is 162 cm³/mol. The Balaban J connectivity index is 1.31. The van der Waals surface area contributed by atoms with Crippen molar-refractivity contribution < 1.29 is 9.59 Å². The van der Waals surface area contributed by atoms with E-state index in [9.17, 15) is 9.59 Å². The monoisotopic (exact) mass is 563 g/mol. The van der Waals surface area contributed by atoms with Crippen molar-refractivity contribution in [3.8, 4) is 0 Å². The van der Waals surface area contributed by atoms with Crippen LogP contribution in [-0.4, -0.2) is 35.8 Å². The summed E-state index contributed by atoms with van der Waals surface area (Å²) >= 11 is 6.14. The third-order valence-corrected chi connectivity index (χ3v) is 10.4. The molecule has 1 saturated carbocycles. The zero-order chi connectivity index (χ0) is 28.1. The highest BCUT2D eigenvalue weighted by Gasteiger charge is 2.40. The Morgan fingerprint density at radius 3 is 2.38 bits per heavy atom. The van der Waals surface area contributed by atoms with Crippen molar-refractivity contribution in [3.05, 3.63) is 70.2 Å². The van der Waals surface area contributed by atoms with Crippen molar-refractivity contribution in [3.63, 3.8) is 0 Å². The Bertz CT molecular complexity index is 1150. The average Bonchev–Trinajstić information content (AvgIpc) is 2.97. The first-order valence-corrected chi connectivity index (χ1v) is 15.9. The lowest BCUT2D eigenvalue weighted by atomic mass is 9.65. The molecule has 5 rings (SSSR count). The fourth-order valence-corrected chi connectivity index (χ4v) is 7.58. The molecule has 3 aliphatic rings. The summed E-state index contributed by atoms with van der Waals surface area (Å²) in [4.78, 5) is 29.9. The van der Waals surface area contributed by atoms with Crippen molar-refractivity contribution in [2.24, 2.45) is 23.0 Å². The maximum absolute atomic E-state index is 14.0. The van der Waals surface area contributed by atoms with Crippen LogP contribution >= 0.6 is 11.6 Å². The molecule has 3 N–H and O–H groups in total. The molecule has 0 spiro atoms. The van der Waals surface area contributed by atoms with Crippen molar-refractivity contribution >= 4 is 23.4 Å². The molecule has 6 heteroatoms. The molecule has 0 radical (unpaired) electrons. The maximum atomic E-state index is 14.0. The number of likely N-dealkylation sites (tertiary alicyclic amines) is 1. The maximum Gasteiger partial charge on any atom is 0.245 e. The molecule has 5 nitrogen and oxygen atoms in total. The summed E-state index contributed by atoms with van der Waals surface area (Å²) in [7, 11) is 0. The van der Waals surface area contributed by atoms with Gasteiger partial charge in [-0.1, -0.05) is 80.6 Å². The highest BCUT2D eigenvalue weighted by Crippen LogP contribution is 2.45. The van der Waals surface area contributed by atoms with E-state index >= 15 is 0 Å². The van der Waals surface area contributed by atoms with Gasteiger partial charge in [-0.2, -0.15) is 0 Å². The SMILES string of the molecule is CC1(C2CCCCC2)CCN(C(=O)[C@@H](Cc2ccc(Cl)cc2)NC(=O)C2CCCCc3ccccc3C2N)CC1. The van der Waals surface area contributed by atoms with Gasteiger partial charge in [0.25, 0.3) is 0 Å². The standard InChI is InChI=1S/C34H46ClN3O2/c1-34(26-11-3-2-4-12-26)19-21-38(22-20-34)33(40)30(23-24-15-17-27(35)18-16-24)37-32(39)29-14-8-6-10-25-9-5-7-13-28(25)31(29)36/h5,7,9,13,15-18,26,29-31H,2-4,6,8,10-12,14,19-23,36H2,1H3,(H,37,39)/t29?,30-,31?/m1/s1. The molecule has 2 fully saturated rings. The van der Waals surface area contributed by atoms with Gasteiger partial charge in [0.05, 0.1) is 5.92 Å². The van der Waals surface area contributed by atoms with E-state index in [1.165, 1.54) is 37.7 Å². The normalized spacial score (nSPS) is 24.3. The first-order valence-electron chi connectivity index (χ1n) is 15.5. The Kier molecular flexibility index (Phi) is 9.53. The summed E-state index contributed by atoms with van der Waals surface area (Å²) in [6, 6.07) is 14.8. The van der Waals surface area contributed by atoms with Crippen LogP contribution in [0.5, 0.6) is 0 Å². The quantitative estimate of drug-likeness (QED) is 0.415. The summed E-state index contributed by atoms with van der Waals surface area (Å²) in [5.74, 6) is 0.319.